The van der Waals surface area contributed by atoms with E-state index in [9.17, 15) is 15.2 Å². The number of nitriles is 1. The number of H-pyrrole nitrogens is 1. The van der Waals surface area contributed by atoms with Gasteiger partial charge in [-0.1, -0.05) is 42.5 Å². The summed E-state index contributed by atoms with van der Waals surface area (Å²) in [5, 5.41) is 21.7. The van der Waals surface area contributed by atoms with Crippen molar-refractivity contribution in [2.45, 2.75) is 0 Å². The molecule has 0 saturated carbocycles. The minimum Gasteiger partial charge on any atom is -0.507 e. The molecule has 0 aliphatic carbocycles. The Kier molecular flexibility index (Phi) is 5.31. The highest BCUT2D eigenvalue weighted by Crippen LogP contribution is 2.21. The molecule has 0 bridgehead atoms. The topological polar surface area (TPSA) is 108 Å². The molecule has 0 fully saturated rings. The first-order valence-corrected chi connectivity index (χ1v) is 9.18. The Morgan fingerprint density at radius 3 is 2.60 bits per heavy atom. The molecule has 4 aromatic rings. The van der Waals surface area contributed by atoms with E-state index in [-0.39, 0.29) is 18.0 Å². The number of hydrogen-bond donors (Lipinski definition) is 2. The molecule has 3 aromatic carbocycles. The van der Waals surface area contributed by atoms with E-state index >= 15 is 0 Å². The van der Waals surface area contributed by atoms with Crippen molar-refractivity contribution in [1.82, 2.24) is 9.97 Å². The third-order valence-corrected chi connectivity index (χ3v) is 4.47. The van der Waals surface area contributed by atoms with E-state index in [1.54, 1.807) is 12.1 Å². The van der Waals surface area contributed by atoms with Crippen LogP contribution in [0, 0.1) is 11.3 Å². The van der Waals surface area contributed by atoms with Gasteiger partial charge in [0.25, 0.3) is 0 Å². The zero-order chi connectivity index (χ0) is 20.9. The summed E-state index contributed by atoms with van der Waals surface area (Å²) >= 11 is 0. The Morgan fingerprint density at radius 1 is 1.03 bits per heavy atom. The molecule has 148 valence electrons. The van der Waals surface area contributed by atoms with Crippen molar-refractivity contribution >= 4 is 33.3 Å². The number of hydrogen-bond acceptors (Lipinski definition) is 6. The van der Waals surface area contributed by atoms with Gasteiger partial charge in [0.2, 0.25) is 0 Å². The van der Waals surface area contributed by atoms with Crippen molar-refractivity contribution in [3.05, 3.63) is 78.3 Å². The first-order chi connectivity index (χ1) is 14.6. The van der Waals surface area contributed by atoms with E-state index in [0.717, 1.165) is 16.3 Å². The van der Waals surface area contributed by atoms with E-state index in [1.165, 1.54) is 0 Å². The van der Waals surface area contributed by atoms with Crippen LogP contribution in [0.3, 0.4) is 0 Å². The van der Waals surface area contributed by atoms with Gasteiger partial charge in [-0.3, -0.25) is 0 Å². The fourth-order valence-electron chi connectivity index (χ4n) is 2.99. The molecule has 30 heavy (non-hydrogen) atoms. The van der Waals surface area contributed by atoms with Crippen molar-refractivity contribution < 1.29 is 19.4 Å². The Balaban J connectivity index is 1.38. The lowest BCUT2D eigenvalue weighted by molar-refractivity contribution is -0.145. The van der Waals surface area contributed by atoms with Crippen LogP contribution in [0.2, 0.25) is 0 Å². The largest absolute Gasteiger partial charge is 0.507 e. The number of aromatic nitrogens is 2. The van der Waals surface area contributed by atoms with Crippen molar-refractivity contribution in [2.75, 3.05) is 13.2 Å². The van der Waals surface area contributed by atoms with Gasteiger partial charge in [-0.15, -0.1) is 0 Å². The number of ether oxygens (including phenoxy) is 2. The molecule has 7 heteroatoms. The monoisotopic (exact) mass is 399 g/mol. The second-order valence-corrected chi connectivity index (χ2v) is 6.49. The summed E-state index contributed by atoms with van der Waals surface area (Å²) in [5.74, 6) is -0.322. The molecule has 1 aromatic heterocycles. The smallest absolute Gasteiger partial charge is 0.344 e. The van der Waals surface area contributed by atoms with Crippen LogP contribution in [0.15, 0.2) is 72.5 Å². The average Bonchev–Trinajstić information content (AvgIpc) is 3.20. The van der Waals surface area contributed by atoms with Gasteiger partial charge in [-0.25, -0.2) is 9.78 Å². The van der Waals surface area contributed by atoms with Crippen LogP contribution < -0.4 is 4.74 Å². The van der Waals surface area contributed by atoms with Crippen molar-refractivity contribution in [3.8, 4) is 11.8 Å². The Bertz CT molecular complexity index is 1270. The lowest BCUT2D eigenvalue weighted by Gasteiger charge is -2.08. The minimum absolute atomic E-state index is 0.0885. The number of aromatic amines is 1. The SMILES string of the molecule is N#CC(=C(O)COC(=O)COc1ccc2ccccc2c1)c1nc2ccccc2[nH]1. The average molecular weight is 399 g/mol. The van der Waals surface area contributed by atoms with Gasteiger partial charge in [0, 0.05) is 0 Å². The third kappa shape index (κ3) is 4.08. The number of aliphatic hydroxyl groups excluding tert-OH is 1. The molecule has 0 radical (unpaired) electrons. The number of esters is 1. The van der Waals surface area contributed by atoms with Crippen LogP contribution in [0.5, 0.6) is 5.75 Å². The number of benzene rings is 3. The molecule has 1 heterocycles. The van der Waals surface area contributed by atoms with Gasteiger partial charge in [-0.2, -0.15) is 5.26 Å². The summed E-state index contributed by atoms with van der Waals surface area (Å²) in [6.07, 6.45) is 0. The molecule has 0 spiro atoms. The van der Waals surface area contributed by atoms with Crippen LogP contribution in [-0.4, -0.2) is 34.3 Å². The number of nitrogens with zero attached hydrogens (tertiary/aromatic N) is 2. The third-order valence-electron chi connectivity index (χ3n) is 4.47. The van der Waals surface area contributed by atoms with Gasteiger partial charge >= 0.3 is 5.97 Å². The highest BCUT2D eigenvalue weighted by molar-refractivity contribution is 5.84. The molecule has 0 aliphatic heterocycles. The maximum Gasteiger partial charge on any atom is 0.344 e. The van der Waals surface area contributed by atoms with Crippen molar-refractivity contribution in [2.24, 2.45) is 0 Å². The summed E-state index contributed by atoms with van der Waals surface area (Å²) in [4.78, 5) is 19.2. The maximum atomic E-state index is 12.0. The van der Waals surface area contributed by atoms with Crippen LogP contribution >= 0.6 is 0 Å². The molecule has 0 atom stereocenters. The van der Waals surface area contributed by atoms with E-state index in [4.69, 9.17) is 9.47 Å². The fraction of sp³-hybridized carbons (Fsp3) is 0.0870. The Morgan fingerprint density at radius 2 is 1.80 bits per heavy atom. The summed E-state index contributed by atoms with van der Waals surface area (Å²) in [6, 6.07) is 22.4. The second kappa shape index (κ2) is 8.37. The van der Waals surface area contributed by atoms with Gasteiger partial charge in [0.05, 0.1) is 11.0 Å². The summed E-state index contributed by atoms with van der Waals surface area (Å²) in [7, 11) is 0. The van der Waals surface area contributed by atoms with Gasteiger partial charge in [-0.05, 0) is 35.0 Å². The molecule has 0 amide bonds. The van der Waals surface area contributed by atoms with Crippen LogP contribution in [-0.2, 0) is 9.53 Å². The summed E-state index contributed by atoms with van der Waals surface area (Å²) in [6.45, 7) is -0.780. The highest BCUT2D eigenvalue weighted by Gasteiger charge is 2.15. The standard InChI is InChI=1S/C23H17N3O4/c24-12-18(23-25-19-7-3-4-8-20(19)26-23)21(27)13-30-22(28)14-29-17-10-9-15-5-1-2-6-16(15)11-17/h1-11,27H,13-14H2,(H,25,26). The Hall–Kier alpha value is -4.31. The molecular weight excluding hydrogens is 382 g/mol. The Labute approximate surface area is 171 Å². The zero-order valence-corrected chi connectivity index (χ0v) is 15.8. The first kappa shape index (κ1) is 19.0. The normalized spacial score (nSPS) is 11.7. The van der Waals surface area contributed by atoms with E-state index in [0.29, 0.717) is 11.3 Å². The van der Waals surface area contributed by atoms with Gasteiger partial charge in [0.15, 0.2) is 18.2 Å². The number of carbonyl (C=O) groups is 1. The molecule has 2 N–H and O–H groups in total. The first-order valence-electron chi connectivity index (χ1n) is 9.18. The van der Waals surface area contributed by atoms with Crippen LogP contribution in [0.4, 0.5) is 0 Å². The number of rotatable bonds is 6. The van der Waals surface area contributed by atoms with Crippen LogP contribution in [0.1, 0.15) is 5.82 Å². The lowest BCUT2D eigenvalue weighted by Crippen LogP contribution is -2.16. The summed E-state index contributed by atoms with van der Waals surface area (Å²) < 4.78 is 10.5. The van der Waals surface area contributed by atoms with Crippen LogP contribution in [0.25, 0.3) is 27.4 Å². The number of para-hydroxylation sites is 2. The maximum absolute atomic E-state index is 12.0. The number of nitrogens with one attached hydrogen (secondary N) is 1. The second-order valence-electron chi connectivity index (χ2n) is 6.49. The molecule has 7 nitrogen and oxygen atoms in total. The van der Waals surface area contributed by atoms with Crippen molar-refractivity contribution in [3.63, 3.8) is 0 Å². The van der Waals surface area contributed by atoms with Gasteiger partial charge in [0.1, 0.15) is 24.0 Å². The molecule has 0 unspecified atom stereocenters. The zero-order valence-electron chi connectivity index (χ0n) is 15.8. The molecular formula is C23H17N3O4. The van der Waals surface area contributed by atoms with E-state index in [2.05, 4.69) is 9.97 Å². The highest BCUT2D eigenvalue weighted by atomic mass is 16.6. The van der Waals surface area contributed by atoms with Crippen molar-refractivity contribution in [1.29, 1.82) is 5.26 Å². The number of allylic oxidation sites excluding steroid dienone is 1. The number of imidazole rings is 1. The quantitative estimate of drug-likeness (QED) is 0.287. The molecule has 4 rings (SSSR count). The molecule has 0 aliphatic rings. The van der Waals surface area contributed by atoms with E-state index < -0.39 is 18.3 Å². The van der Waals surface area contributed by atoms with Gasteiger partial charge < -0.3 is 19.6 Å². The minimum atomic E-state index is -0.670. The number of aliphatic hydroxyl groups is 1. The predicted molar refractivity (Wildman–Crippen MR) is 112 cm³/mol. The number of carbonyl (C=O) groups excluding carboxylic acids is 1. The fourth-order valence-corrected chi connectivity index (χ4v) is 2.99. The lowest BCUT2D eigenvalue weighted by atomic mass is 10.1. The summed E-state index contributed by atoms with van der Waals surface area (Å²) in [5.41, 5.74) is 1.30. The predicted octanol–water partition coefficient (Wildman–Crippen LogP) is 4.13. The van der Waals surface area contributed by atoms with E-state index in [1.807, 2.05) is 60.7 Å². The number of fused-ring (bicyclic) bond motifs is 2. The molecule has 0 saturated heterocycles.